The van der Waals surface area contributed by atoms with Crippen LogP contribution in [0.25, 0.3) is 0 Å². The average Bonchev–Trinajstić information content (AvgIpc) is 3.34. The van der Waals surface area contributed by atoms with Crippen LogP contribution < -0.4 is 10.2 Å². The molecule has 1 fully saturated rings. The number of carbonyl (C=O) groups excluding carboxylic acids is 1. The van der Waals surface area contributed by atoms with E-state index in [1.807, 2.05) is 18.2 Å². The van der Waals surface area contributed by atoms with Gasteiger partial charge in [-0.3, -0.25) is 4.79 Å². The van der Waals surface area contributed by atoms with E-state index < -0.39 is 21.0 Å². The first-order chi connectivity index (χ1) is 17.1. The Balaban J connectivity index is 1.50. The van der Waals surface area contributed by atoms with E-state index in [1.165, 1.54) is 22.7 Å². The monoisotopic (exact) mass is 573 g/mol. The third kappa shape index (κ3) is 5.74. The standard InChI is InChI=1S/C23H26Cl3N5O4S/c1-29(2)36(33,34)31-11-9-30(10-12-31)19-8-4-7-17(24)21(19)18-14-20(35-28-18)15-5-3-6-16(13-15)27-23(32)22(25)26/h3-8,13,20,22H,9-12,14H2,1-2H3,(H,27,32). The molecule has 0 aliphatic carbocycles. The predicted molar refractivity (Wildman–Crippen MR) is 143 cm³/mol. The summed E-state index contributed by atoms with van der Waals surface area (Å²) in [6.45, 7) is 1.76. The molecule has 1 unspecified atom stereocenters. The molecule has 0 aromatic heterocycles. The molecule has 1 saturated heterocycles. The number of alkyl halides is 2. The van der Waals surface area contributed by atoms with E-state index in [0.717, 1.165) is 16.8 Å². The SMILES string of the molecule is CN(C)S(=O)(=O)N1CCN(c2cccc(Cl)c2C2=NOC(c3cccc(NC(=O)C(Cl)Cl)c3)C2)CC1. The van der Waals surface area contributed by atoms with Gasteiger partial charge in [0.2, 0.25) is 0 Å². The van der Waals surface area contributed by atoms with Crippen LogP contribution in [0.15, 0.2) is 47.6 Å². The number of halogens is 3. The number of rotatable bonds is 7. The zero-order valence-electron chi connectivity index (χ0n) is 19.7. The normalized spacial score (nSPS) is 18.9. The minimum Gasteiger partial charge on any atom is -0.387 e. The van der Waals surface area contributed by atoms with Gasteiger partial charge in [0.25, 0.3) is 16.1 Å². The fraction of sp³-hybridized carbons (Fsp3) is 0.391. The van der Waals surface area contributed by atoms with Crippen molar-refractivity contribution in [2.24, 2.45) is 5.16 Å². The molecule has 1 N–H and O–H groups in total. The Bertz CT molecular complexity index is 1260. The maximum atomic E-state index is 12.5. The van der Waals surface area contributed by atoms with Gasteiger partial charge in [-0.1, -0.05) is 58.2 Å². The second-order valence-electron chi connectivity index (χ2n) is 8.56. The molecule has 4 rings (SSSR count). The van der Waals surface area contributed by atoms with Crippen LogP contribution in [0.4, 0.5) is 11.4 Å². The molecule has 1 atom stereocenters. The van der Waals surface area contributed by atoms with Gasteiger partial charge in [-0.15, -0.1) is 0 Å². The number of hydrogen-bond donors (Lipinski definition) is 1. The highest BCUT2D eigenvalue weighted by Gasteiger charge is 2.32. The number of nitrogens with zero attached hydrogens (tertiary/aromatic N) is 4. The van der Waals surface area contributed by atoms with Crippen LogP contribution >= 0.6 is 34.8 Å². The first-order valence-electron chi connectivity index (χ1n) is 11.2. The molecular formula is C23H26Cl3N5O4S. The van der Waals surface area contributed by atoms with E-state index in [-0.39, 0.29) is 6.10 Å². The first-order valence-corrected chi connectivity index (χ1v) is 13.9. The van der Waals surface area contributed by atoms with Gasteiger partial charge < -0.3 is 15.1 Å². The lowest BCUT2D eigenvalue weighted by Gasteiger charge is -2.37. The number of oxime groups is 1. The summed E-state index contributed by atoms with van der Waals surface area (Å²) in [6.07, 6.45) is 0.0994. The minimum absolute atomic E-state index is 0.363. The van der Waals surface area contributed by atoms with E-state index in [4.69, 9.17) is 39.6 Å². The van der Waals surface area contributed by atoms with Crippen molar-refractivity contribution in [3.63, 3.8) is 0 Å². The smallest absolute Gasteiger partial charge is 0.281 e. The van der Waals surface area contributed by atoms with Crippen molar-refractivity contribution < 1.29 is 18.0 Å². The third-order valence-corrected chi connectivity index (χ3v) is 8.69. The summed E-state index contributed by atoms with van der Waals surface area (Å²) in [7, 11) is -0.405. The van der Waals surface area contributed by atoms with E-state index in [9.17, 15) is 13.2 Å². The third-order valence-electron chi connectivity index (χ3n) is 6.04. The first kappa shape index (κ1) is 27.0. The van der Waals surface area contributed by atoms with Gasteiger partial charge in [0, 0.05) is 63.6 Å². The molecule has 2 aromatic rings. The van der Waals surface area contributed by atoms with E-state index in [1.54, 1.807) is 24.3 Å². The highest BCUT2D eigenvalue weighted by molar-refractivity contribution is 7.86. The molecule has 2 aliphatic heterocycles. The lowest BCUT2D eigenvalue weighted by molar-refractivity contribution is -0.114. The average molecular weight is 575 g/mol. The molecule has 13 heteroatoms. The molecule has 2 heterocycles. The number of hydrogen-bond acceptors (Lipinski definition) is 6. The van der Waals surface area contributed by atoms with Crippen LogP contribution in [0.1, 0.15) is 23.7 Å². The molecule has 0 saturated carbocycles. The minimum atomic E-state index is -3.46. The van der Waals surface area contributed by atoms with Gasteiger partial charge in [0.15, 0.2) is 10.9 Å². The van der Waals surface area contributed by atoms with Gasteiger partial charge >= 0.3 is 0 Å². The van der Waals surface area contributed by atoms with E-state index in [2.05, 4.69) is 15.4 Å². The van der Waals surface area contributed by atoms with Crippen molar-refractivity contribution in [2.75, 3.05) is 50.5 Å². The summed E-state index contributed by atoms with van der Waals surface area (Å²) in [5.41, 5.74) is 3.71. The van der Waals surface area contributed by atoms with Gasteiger partial charge in [0.1, 0.15) is 0 Å². The number of anilines is 2. The Morgan fingerprint density at radius 3 is 2.50 bits per heavy atom. The summed E-state index contributed by atoms with van der Waals surface area (Å²) in [5.74, 6) is -0.515. The highest BCUT2D eigenvalue weighted by Crippen LogP contribution is 2.37. The second kappa shape index (κ2) is 11.1. The van der Waals surface area contributed by atoms with Crippen molar-refractivity contribution in [3.05, 3.63) is 58.6 Å². The molecule has 9 nitrogen and oxygen atoms in total. The zero-order chi connectivity index (χ0) is 26.0. The number of nitrogens with one attached hydrogen (secondary N) is 1. The molecule has 194 valence electrons. The maximum absolute atomic E-state index is 12.5. The lowest BCUT2D eigenvalue weighted by atomic mass is 9.98. The molecule has 1 amide bonds. The number of piperazine rings is 1. The maximum Gasteiger partial charge on any atom is 0.281 e. The van der Waals surface area contributed by atoms with E-state index >= 15 is 0 Å². The van der Waals surface area contributed by atoms with Crippen LogP contribution in [0.5, 0.6) is 0 Å². The summed E-state index contributed by atoms with van der Waals surface area (Å²) in [5, 5.41) is 7.53. The Hall–Kier alpha value is -2.08. The Kier molecular flexibility index (Phi) is 8.33. The van der Waals surface area contributed by atoms with Crippen LogP contribution in [0.2, 0.25) is 5.02 Å². The molecular weight excluding hydrogens is 549 g/mol. The van der Waals surface area contributed by atoms with Crippen LogP contribution in [-0.2, 0) is 19.8 Å². The van der Waals surface area contributed by atoms with Crippen molar-refractivity contribution in [2.45, 2.75) is 17.4 Å². The van der Waals surface area contributed by atoms with Crippen molar-refractivity contribution in [1.29, 1.82) is 0 Å². The Labute approximate surface area is 225 Å². The largest absolute Gasteiger partial charge is 0.387 e. The van der Waals surface area contributed by atoms with Gasteiger partial charge in [-0.05, 0) is 29.8 Å². The van der Waals surface area contributed by atoms with Crippen LogP contribution in [0, 0.1) is 0 Å². The zero-order valence-corrected chi connectivity index (χ0v) is 22.8. The van der Waals surface area contributed by atoms with Gasteiger partial charge in [-0.25, -0.2) is 0 Å². The van der Waals surface area contributed by atoms with Crippen LogP contribution in [0.3, 0.4) is 0 Å². The highest BCUT2D eigenvalue weighted by atomic mass is 35.5. The second-order valence-corrected chi connectivity index (χ2v) is 12.2. The van der Waals surface area contributed by atoms with Crippen molar-refractivity contribution in [1.82, 2.24) is 8.61 Å². The topological polar surface area (TPSA) is 94.6 Å². The fourth-order valence-electron chi connectivity index (χ4n) is 4.17. The van der Waals surface area contributed by atoms with Crippen molar-refractivity contribution >= 4 is 68.0 Å². The lowest BCUT2D eigenvalue weighted by Crippen LogP contribution is -2.52. The Morgan fingerprint density at radius 2 is 1.83 bits per heavy atom. The van der Waals surface area contributed by atoms with Gasteiger partial charge in [0.05, 0.1) is 10.7 Å². The van der Waals surface area contributed by atoms with Crippen molar-refractivity contribution in [3.8, 4) is 0 Å². The molecule has 0 bridgehead atoms. The summed E-state index contributed by atoms with van der Waals surface area (Å²) in [6, 6.07) is 12.8. The predicted octanol–water partition coefficient (Wildman–Crippen LogP) is 3.88. The summed E-state index contributed by atoms with van der Waals surface area (Å²) >= 11 is 17.9. The summed E-state index contributed by atoms with van der Waals surface area (Å²) < 4.78 is 27.7. The number of amides is 1. The van der Waals surface area contributed by atoms with E-state index in [0.29, 0.717) is 49.0 Å². The molecule has 0 spiro atoms. The number of benzene rings is 2. The quantitative estimate of drug-likeness (QED) is 0.507. The van der Waals surface area contributed by atoms with Gasteiger partial charge in [-0.2, -0.15) is 17.0 Å². The molecule has 2 aromatic carbocycles. The molecule has 0 radical (unpaired) electrons. The van der Waals surface area contributed by atoms with Crippen LogP contribution in [-0.4, -0.2) is 73.8 Å². The fourth-order valence-corrected chi connectivity index (χ4v) is 5.64. The Morgan fingerprint density at radius 1 is 1.14 bits per heavy atom. The number of carbonyl (C=O) groups is 1. The summed E-state index contributed by atoms with van der Waals surface area (Å²) in [4.78, 5) is 18.5. The molecule has 36 heavy (non-hydrogen) atoms. The molecule has 2 aliphatic rings.